The van der Waals surface area contributed by atoms with E-state index in [9.17, 15) is 8.42 Å². The van der Waals surface area contributed by atoms with Gasteiger partial charge in [-0.05, 0) is 24.5 Å². The number of sulfonamides is 1. The predicted molar refractivity (Wildman–Crippen MR) is 82.5 cm³/mol. The van der Waals surface area contributed by atoms with Crippen LogP contribution in [0.25, 0.3) is 10.8 Å². The molecule has 1 fully saturated rings. The highest BCUT2D eigenvalue weighted by molar-refractivity contribution is 7.89. The Kier molecular flexibility index (Phi) is 3.69. The van der Waals surface area contributed by atoms with Crippen molar-refractivity contribution >= 4 is 20.8 Å². The van der Waals surface area contributed by atoms with Gasteiger partial charge in [0.1, 0.15) is 0 Å². The predicted octanol–water partition coefficient (Wildman–Crippen LogP) is 1.52. The van der Waals surface area contributed by atoms with Crippen LogP contribution in [-0.2, 0) is 16.4 Å². The zero-order valence-corrected chi connectivity index (χ0v) is 12.8. The van der Waals surface area contributed by atoms with Gasteiger partial charge < -0.3 is 5.73 Å². The van der Waals surface area contributed by atoms with Crippen molar-refractivity contribution in [3.05, 3.63) is 36.2 Å². The molecule has 112 valence electrons. The Labute approximate surface area is 124 Å². The molecule has 1 aliphatic heterocycles. The summed E-state index contributed by atoms with van der Waals surface area (Å²) in [4.78, 5) is 4.56. The normalized spacial score (nSPS) is 20.2. The lowest BCUT2D eigenvalue weighted by molar-refractivity contribution is 0.473. The summed E-state index contributed by atoms with van der Waals surface area (Å²) in [6, 6.07) is 5.28. The molecule has 2 N–H and O–H groups in total. The topological polar surface area (TPSA) is 76.3 Å². The van der Waals surface area contributed by atoms with Crippen LogP contribution in [0.2, 0.25) is 0 Å². The van der Waals surface area contributed by atoms with Crippen LogP contribution < -0.4 is 5.73 Å². The molecule has 0 radical (unpaired) electrons. The van der Waals surface area contributed by atoms with E-state index in [1.807, 2.05) is 13.0 Å². The quantitative estimate of drug-likeness (QED) is 0.933. The second kappa shape index (κ2) is 5.36. The number of fused-ring (bicyclic) bond motifs is 1. The second-order valence-corrected chi connectivity index (χ2v) is 7.32. The fourth-order valence-electron chi connectivity index (χ4n) is 2.87. The molecule has 1 aromatic heterocycles. The number of hydrogen-bond donors (Lipinski definition) is 1. The van der Waals surface area contributed by atoms with E-state index in [0.717, 1.165) is 22.8 Å². The van der Waals surface area contributed by atoms with Crippen LogP contribution >= 0.6 is 0 Å². The molecular weight excluding hydrogens is 286 g/mol. The summed E-state index contributed by atoms with van der Waals surface area (Å²) in [6.45, 7) is 2.89. The van der Waals surface area contributed by atoms with Gasteiger partial charge in [-0.25, -0.2) is 8.42 Å². The smallest absolute Gasteiger partial charge is 0.243 e. The van der Waals surface area contributed by atoms with Crippen LogP contribution in [0.5, 0.6) is 0 Å². The van der Waals surface area contributed by atoms with E-state index in [1.54, 1.807) is 24.5 Å². The molecule has 6 heteroatoms. The summed E-state index contributed by atoms with van der Waals surface area (Å²) < 4.78 is 27.3. The highest BCUT2D eigenvalue weighted by atomic mass is 32.2. The summed E-state index contributed by atoms with van der Waals surface area (Å²) >= 11 is 0. The molecule has 1 unspecified atom stereocenters. The number of hydrogen-bond acceptors (Lipinski definition) is 4. The molecular formula is C15H19N3O2S. The highest BCUT2D eigenvalue weighted by Gasteiger charge is 2.32. The standard InChI is InChI=1S/C15H19N3O2S/c1-2-11-8-17-9-12-4-3-5-14(15(11)12)21(19,20)18-7-6-13(16)10-18/h3-5,8-9,13H,2,6-7,10,16H2,1H3. The van der Waals surface area contributed by atoms with E-state index in [1.165, 1.54) is 4.31 Å². The van der Waals surface area contributed by atoms with Crippen LogP contribution in [-0.4, -0.2) is 36.8 Å². The minimum absolute atomic E-state index is 0.0675. The van der Waals surface area contributed by atoms with E-state index in [0.29, 0.717) is 24.4 Å². The van der Waals surface area contributed by atoms with Gasteiger partial charge in [0.2, 0.25) is 10.0 Å². The molecule has 1 saturated heterocycles. The van der Waals surface area contributed by atoms with Crippen molar-refractivity contribution in [2.45, 2.75) is 30.7 Å². The minimum Gasteiger partial charge on any atom is -0.326 e. The number of nitrogens with zero attached hydrogens (tertiary/aromatic N) is 2. The summed E-state index contributed by atoms with van der Waals surface area (Å²) in [5.41, 5.74) is 6.81. The molecule has 1 aliphatic rings. The zero-order chi connectivity index (χ0) is 15.0. The summed E-state index contributed by atoms with van der Waals surface area (Å²) in [7, 11) is -3.51. The lowest BCUT2D eigenvalue weighted by Crippen LogP contribution is -2.32. The van der Waals surface area contributed by atoms with Gasteiger partial charge >= 0.3 is 0 Å². The van der Waals surface area contributed by atoms with Crippen molar-refractivity contribution in [1.82, 2.24) is 9.29 Å². The number of benzene rings is 1. The lowest BCUT2D eigenvalue weighted by atomic mass is 10.1. The summed E-state index contributed by atoms with van der Waals surface area (Å²) in [5, 5.41) is 1.65. The molecule has 3 rings (SSSR count). The third-order valence-corrected chi connectivity index (χ3v) is 5.92. The molecule has 2 aromatic rings. The Hall–Kier alpha value is -1.50. The number of aromatic nitrogens is 1. The van der Waals surface area contributed by atoms with Crippen LogP contribution in [0.3, 0.4) is 0 Å². The van der Waals surface area contributed by atoms with Gasteiger partial charge in [0, 0.05) is 42.3 Å². The maximum absolute atomic E-state index is 12.9. The minimum atomic E-state index is -3.51. The van der Waals surface area contributed by atoms with Gasteiger partial charge in [-0.3, -0.25) is 4.98 Å². The average Bonchev–Trinajstić information content (AvgIpc) is 2.93. The monoisotopic (exact) mass is 305 g/mol. The molecule has 0 amide bonds. The number of nitrogens with two attached hydrogens (primary N) is 1. The first kappa shape index (κ1) is 14.4. The first-order chi connectivity index (χ1) is 10.0. The van der Waals surface area contributed by atoms with Gasteiger partial charge in [-0.1, -0.05) is 19.1 Å². The highest BCUT2D eigenvalue weighted by Crippen LogP contribution is 2.29. The van der Waals surface area contributed by atoms with Crippen molar-refractivity contribution in [3.8, 4) is 0 Å². The molecule has 0 saturated carbocycles. The van der Waals surface area contributed by atoms with E-state index in [-0.39, 0.29) is 6.04 Å². The van der Waals surface area contributed by atoms with Gasteiger partial charge in [0.25, 0.3) is 0 Å². The zero-order valence-electron chi connectivity index (χ0n) is 12.0. The summed E-state index contributed by atoms with van der Waals surface area (Å²) in [5.74, 6) is 0. The fourth-order valence-corrected chi connectivity index (χ4v) is 4.63. The number of pyridine rings is 1. The second-order valence-electron chi connectivity index (χ2n) is 5.42. The van der Waals surface area contributed by atoms with Crippen molar-refractivity contribution in [1.29, 1.82) is 0 Å². The number of aryl methyl sites for hydroxylation is 1. The van der Waals surface area contributed by atoms with Crippen molar-refractivity contribution < 1.29 is 8.42 Å². The molecule has 1 atom stereocenters. The molecule has 0 aliphatic carbocycles. The molecule has 0 bridgehead atoms. The largest absolute Gasteiger partial charge is 0.326 e. The van der Waals surface area contributed by atoms with Gasteiger partial charge in [0.15, 0.2) is 0 Å². The lowest BCUT2D eigenvalue weighted by Gasteiger charge is -2.18. The molecule has 0 spiro atoms. The maximum Gasteiger partial charge on any atom is 0.243 e. The maximum atomic E-state index is 12.9. The first-order valence-electron chi connectivity index (χ1n) is 7.15. The summed E-state index contributed by atoms with van der Waals surface area (Å²) in [6.07, 6.45) is 4.92. The van der Waals surface area contributed by atoms with Crippen LogP contribution in [0, 0.1) is 0 Å². The van der Waals surface area contributed by atoms with Gasteiger partial charge in [0.05, 0.1) is 4.90 Å². The average molecular weight is 305 g/mol. The fraction of sp³-hybridized carbons (Fsp3) is 0.400. The van der Waals surface area contributed by atoms with Crippen LogP contribution in [0.1, 0.15) is 18.9 Å². The molecule has 5 nitrogen and oxygen atoms in total. The van der Waals surface area contributed by atoms with Crippen molar-refractivity contribution in [2.24, 2.45) is 5.73 Å². The Morgan fingerprint density at radius 1 is 1.38 bits per heavy atom. The molecule has 2 heterocycles. The third-order valence-electron chi connectivity index (χ3n) is 4.01. The Bertz CT molecular complexity index is 768. The molecule has 1 aromatic carbocycles. The SMILES string of the molecule is CCc1cncc2cccc(S(=O)(=O)N3CCC(N)C3)c12. The van der Waals surface area contributed by atoms with E-state index in [4.69, 9.17) is 5.73 Å². The third kappa shape index (κ3) is 2.43. The first-order valence-corrected chi connectivity index (χ1v) is 8.59. The van der Waals surface area contributed by atoms with Gasteiger partial charge in [-0.15, -0.1) is 0 Å². The van der Waals surface area contributed by atoms with E-state index >= 15 is 0 Å². The van der Waals surface area contributed by atoms with Crippen LogP contribution in [0.4, 0.5) is 0 Å². The van der Waals surface area contributed by atoms with Crippen molar-refractivity contribution in [3.63, 3.8) is 0 Å². The van der Waals surface area contributed by atoms with Gasteiger partial charge in [-0.2, -0.15) is 4.31 Å². The van der Waals surface area contributed by atoms with E-state index in [2.05, 4.69) is 4.98 Å². The number of rotatable bonds is 3. The molecule has 21 heavy (non-hydrogen) atoms. The van der Waals surface area contributed by atoms with Crippen LogP contribution in [0.15, 0.2) is 35.5 Å². The van der Waals surface area contributed by atoms with Crippen molar-refractivity contribution in [2.75, 3.05) is 13.1 Å². The van der Waals surface area contributed by atoms with E-state index < -0.39 is 10.0 Å². The Morgan fingerprint density at radius 3 is 2.86 bits per heavy atom. The Balaban J connectivity index is 2.20. The Morgan fingerprint density at radius 2 is 2.19 bits per heavy atom.